The van der Waals surface area contributed by atoms with E-state index in [0.29, 0.717) is 34.3 Å². The maximum absolute atomic E-state index is 11.9. The summed E-state index contributed by atoms with van der Waals surface area (Å²) in [4.78, 5) is 20.7. The highest BCUT2D eigenvalue weighted by molar-refractivity contribution is 5.96. The van der Waals surface area contributed by atoms with Crippen LogP contribution in [0.5, 0.6) is 0 Å². The molecular formula is C20H17N5O2. The number of methoxy groups -OCH3 is 1. The molecule has 0 aliphatic carbocycles. The molecule has 0 radical (unpaired) electrons. The minimum absolute atomic E-state index is 0.415. The van der Waals surface area contributed by atoms with Crippen molar-refractivity contribution < 1.29 is 9.53 Å². The molecule has 0 unspecified atom stereocenters. The van der Waals surface area contributed by atoms with Gasteiger partial charge in [-0.15, -0.1) is 0 Å². The summed E-state index contributed by atoms with van der Waals surface area (Å²) in [5.74, 6) is 1.26. The Morgan fingerprint density at radius 1 is 1.04 bits per heavy atom. The van der Waals surface area contributed by atoms with Crippen LogP contribution in [-0.2, 0) is 4.74 Å². The van der Waals surface area contributed by atoms with Gasteiger partial charge >= 0.3 is 5.97 Å². The van der Waals surface area contributed by atoms with Gasteiger partial charge in [0.15, 0.2) is 0 Å². The van der Waals surface area contributed by atoms with E-state index < -0.39 is 5.97 Å². The summed E-state index contributed by atoms with van der Waals surface area (Å²) >= 11 is 0. The van der Waals surface area contributed by atoms with Gasteiger partial charge in [-0.2, -0.15) is 5.26 Å². The first-order valence-corrected chi connectivity index (χ1v) is 8.16. The highest BCUT2D eigenvalue weighted by Gasteiger charge is 2.12. The number of carbonyl (C=O) groups is 1. The molecule has 0 amide bonds. The van der Waals surface area contributed by atoms with Crippen LogP contribution in [-0.4, -0.2) is 23.0 Å². The average molecular weight is 359 g/mol. The number of rotatable bonds is 5. The summed E-state index contributed by atoms with van der Waals surface area (Å²) in [6.07, 6.45) is 0. The fourth-order valence-corrected chi connectivity index (χ4v) is 2.49. The van der Waals surface area contributed by atoms with Gasteiger partial charge in [0, 0.05) is 11.8 Å². The molecule has 7 nitrogen and oxygen atoms in total. The average Bonchev–Trinajstić information content (AvgIpc) is 2.68. The summed E-state index contributed by atoms with van der Waals surface area (Å²) in [5.41, 5.74) is 2.39. The molecule has 0 saturated carbocycles. The standard InChI is InChI=1S/C20H17N5O2/c1-13-22-18(24-15-9-7-14(12-21)8-10-15)11-19(23-13)25-17-6-4-3-5-16(17)20(26)27-2/h3-11H,1-2H3,(H2,22,23,24,25). The lowest BCUT2D eigenvalue weighted by atomic mass is 10.2. The molecule has 1 heterocycles. The van der Waals surface area contributed by atoms with Crippen LogP contribution in [0.2, 0.25) is 0 Å². The largest absolute Gasteiger partial charge is 0.465 e. The SMILES string of the molecule is COC(=O)c1ccccc1Nc1cc(Nc2ccc(C#N)cc2)nc(C)n1. The van der Waals surface area contributed by atoms with Gasteiger partial charge in [0.1, 0.15) is 17.5 Å². The Hall–Kier alpha value is -3.92. The number of aryl methyl sites for hydroxylation is 1. The smallest absolute Gasteiger partial charge is 0.339 e. The van der Waals surface area contributed by atoms with E-state index in [-0.39, 0.29) is 0 Å². The van der Waals surface area contributed by atoms with Crippen LogP contribution in [0.3, 0.4) is 0 Å². The van der Waals surface area contributed by atoms with Crippen LogP contribution in [0.15, 0.2) is 54.6 Å². The van der Waals surface area contributed by atoms with Crippen molar-refractivity contribution >= 4 is 29.0 Å². The molecule has 134 valence electrons. The fraction of sp³-hybridized carbons (Fsp3) is 0.100. The number of anilines is 4. The van der Waals surface area contributed by atoms with Crippen LogP contribution in [0.25, 0.3) is 0 Å². The Bertz CT molecular complexity index is 1010. The van der Waals surface area contributed by atoms with Gasteiger partial charge in [-0.1, -0.05) is 12.1 Å². The zero-order valence-electron chi connectivity index (χ0n) is 14.9. The lowest BCUT2D eigenvalue weighted by molar-refractivity contribution is 0.0602. The van der Waals surface area contributed by atoms with Gasteiger partial charge in [-0.05, 0) is 43.3 Å². The molecular weight excluding hydrogens is 342 g/mol. The molecule has 0 saturated heterocycles. The quantitative estimate of drug-likeness (QED) is 0.666. The fourth-order valence-electron chi connectivity index (χ4n) is 2.49. The van der Waals surface area contributed by atoms with E-state index in [9.17, 15) is 4.79 Å². The van der Waals surface area contributed by atoms with Crippen molar-refractivity contribution in [2.45, 2.75) is 6.92 Å². The van der Waals surface area contributed by atoms with Crippen molar-refractivity contribution in [3.8, 4) is 6.07 Å². The van der Waals surface area contributed by atoms with Crippen molar-refractivity contribution in [1.29, 1.82) is 5.26 Å². The van der Waals surface area contributed by atoms with Crippen LogP contribution >= 0.6 is 0 Å². The predicted molar refractivity (Wildman–Crippen MR) is 102 cm³/mol. The molecule has 3 aromatic rings. The van der Waals surface area contributed by atoms with Crippen LogP contribution in [0.1, 0.15) is 21.7 Å². The maximum atomic E-state index is 11.9. The first-order chi connectivity index (χ1) is 13.1. The number of hydrogen-bond donors (Lipinski definition) is 2. The number of aromatic nitrogens is 2. The number of nitriles is 1. The van der Waals surface area contributed by atoms with E-state index in [4.69, 9.17) is 10.00 Å². The van der Waals surface area contributed by atoms with Crippen LogP contribution in [0.4, 0.5) is 23.0 Å². The van der Waals surface area contributed by atoms with E-state index in [1.54, 1.807) is 55.5 Å². The Labute approximate surface area is 156 Å². The lowest BCUT2D eigenvalue weighted by Gasteiger charge is -2.12. The molecule has 0 bridgehead atoms. The molecule has 2 N–H and O–H groups in total. The lowest BCUT2D eigenvalue weighted by Crippen LogP contribution is -2.07. The van der Waals surface area contributed by atoms with E-state index >= 15 is 0 Å². The molecule has 2 aromatic carbocycles. The number of esters is 1. The van der Waals surface area contributed by atoms with Gasteiger partial charge in [-0.25, -0.2) is 14.8 Å². The number of benzene rings is 2. The Morgan fingerprint density at radius 2 is 1.70 bits per heavy atom. The normalized spacial score (nSPS) is 9.96. The van der Waals surface area contributed by atoms with Gasteiger partial charge in [0.2, 0.25) is 0 Å². The third-order valence-corrected chi connectivity index (χ3v) is 3.72. The Balaban J connectivity index is 1.86. The maximum Gasteiger partial charge on any atom is 0.339 e. The third-order valence-electron chi connectivity index (χ3n) is 3.72. The van der Waals surface area contributed by atoms with Crippen molar-refractivity contribution in [2.75, 3.05) is 17.7 Å². The molecule has 0 aliphatic rings. The topological polar surface area (TPSA) is 99.9 Å². The van der Waals surface area contributed by atoms with Crippen molar-refractivity contribution in [1.82, 2.24) is 9.97 Å². The van der Waals surface area contributed by atoms with E-state index in [2.05, 4.69) is 26.7 Å². The number of nitrogens with one attached hydrogen (secondary N) is 2. The monoisotopic (exact) mass is 359 g/mol. The van der Waals surface area contributed by atoms with Crippen molar-refractivity contribution in [2.24, 2.45) is 0 Å². The minimum atomic E-state index is -0.431. The van der Waals surface area contributed by atoms with E-state index in [1.807, 2.05) is 6.07 Å². The Morgan fingerprint density at radius 3 is 2.37 bits per heavy atom. The second-order valence-electron chi connectivity index (χ2n) is 5.66. The minimum Gasteiger partial charge on any atom is -0.465 e. The van der Waals surface area contributed by atoms with E-state index in [1.165, 1.54) is 7.11 Å². The van der Waals surface area contributed by atoms with Crippen LogP contribution < -0.4 is 10.6 Å². The number of hydrogen-bond acceptors (Lipinski definition) is 7. The molecule has 0 atom stereocenters. The zero-order chi connectivity index (χ0) is 19.2. The highest BCUT2D eigenvalue weighted by Crippen LogP contribution is 2.23. The zero-order valence-corrected chi connectivity index (χ0v) is 14.9. The highest BCUT2D eigenvalue weighted by atomic mass is 16.5. The van der Waals surface area contributed by atoms with Crippen molar-refractivity contribution in [3.63, 3.8) is 0 Å². The van der Waals surface area contributed by atoms with Crippen LogP contribution in [0, 0.1) is 18.3 Å². The second kappa shape index (κ2) is 7.97. The number of nitrogens with zero attached hydrogens (tertiary/aromatic N) is 3. The molecule has 0 spiro atoms. The summed E-state index contributed by atoms with van der Waals surface area (Å²) < 4.78 is 4.81. The molecule has 27 heavy (non-hydrogen) atoms. The summed E-state index contributed by atoms with van der Waals surface area (Å²) in [5, 5.41) is 15.2. The van der Waals surface area contributed by atoms with Crippen molar-refractivity contribution in [3.05, 3.63) is 71.5 Å². The number of carbonyl (C=O) groups excluding carboxylic acids is 1. The Kier molecular flexibility index (Phi) is 5.28. The summed E-state index contributed by atoms with van der Waals surface area (Å²) in [7, 11) is 1.34. The number of para-hydroxylation sites is 1. The summed E-state index contributed by atoms with van der Waals surface area (Å²) in [6, 6.07) is 17.9. The summed E-state index contributed by atoms with van der Waals surface area (Å²) in [6.45, 7) is 1.78. The second-order valence-corrected chi connectivity index (χ2v) is 5.66. The van der Waals surface area contributed by atoms with E-state index in [0.717, 1.165) is 5.69 Å². The molecule has 0 aliphatic heterocycles. The first-order valence-electron chi connectivity index (χ1n) is 8.16. The van der Waals surface area contributed by atoms with Gasteiger partial charge in [-0.3, -0.25) is 0 Å². The van der Waals surface area contributed by atoms with Gasteiger partial charge in [0.25, 0.3) is 0 Å². The third kappa shape index (κ3) is 4.38. The molecule has 7 heteroatoms. The molecule has 3 rings (SSSR count). The molecule has 1 aromatic heterocycles. The molecule has 0 fully saturated rings. The predicted octanol–water partition coefficient (Wildman–Crippen LogP) is 3.93. The first kappa shape index (κ1) is 17.9. The van der Waals surface area contributed by atoms with Gasteiger partial charge in [0.05, 0.1) is 30.0 Å². The van der Waals surface area contributed by atoms with Gasteiger partial charge < -0.3 is 15.4 Å². The number of ether oxygens (including phenoxy) is 1.